The molecule has 0 fully saturated rings. The molecule has 2 nitrogen and oxygen atoms in total. The Bertz CT molecular complexity index is 199. The van der Waals surface area contributed by atoms with E-state index in [9.17, 15) is 4.39 Å². The fourth-order valence-electron chi connectivity index (χ4n) is 0.684. The quantitative estimate of drug-likeness (QED) is 0.618. The van der Waals surface area contributed by atoms with Crippen LogP contribution in [0.25, 0.3) is 0 Å². The molecule has 0 N–H and O–H groups in total. The predicted octanol–water partition coefficient (Wildman–Crippen LogP) is 1.59. The van der Waals surface area contributed by atoms with E-state index in [1.165, 1.54) is 4.68 Å². The molecule has 0 amide bonds. The van der Waals surface area contributed by atoms with Gasteiger partial charge in [0.15, 0.2) is 0 Å². The lowest BCUT2D eigenvalue weighted by molar-refractivity contribution is 0.427. The van der Waals surface area contributed by atoms with Crippen molar-refractivity contribution >= 4 is 11.6 Å². The lowest BCUT2D eigenvalue weighted by atomic mass is 10.4. The van der Waals surface area contributed by atoms with E-state index in [4.69, 9.17) is 11.6 Å². The minimum absolute atomic E-state index is 0.316. The molecule has 56 valence electrons. The molecule has 1 aromatic heterocycles. The van der Waals surface area contributed by atoms with Crippen LogP contribution in [0.3, 0.4) is 0 Å². The number of aromatic nitrogens is 2. The highest BCUT2D eigenvalue weighted by atomic mass is 35.5. The zero-order chi connectivity index (χ0) is 7.40. The Morgan fingerprint density at radius 2 is 2.50 bits per heavy atom. The minimum Gasteiger partial charge on any atom is -0.270 e. The first-order chi connectivity index (χ1) is 4.86. The van der Waals surface area contributed by atoms with Gasteiger partial charge in [0.1, 0.15) is 6.67 Å². The summed E-state index contributed by atoms with van der Waals surface area (Å²) in [5.74, 6) is 0.437. The third-order valence-electron chi connectivity index (χ3n) is 1.15. The normalized spacial score (nSPS) is 10.2. The Morgan fingerprint density at radius 1 is 1.70 bits per heavy atom. The van der Waals surface area contributed by atoms with Gasteiger partial charge in [-0.2, -0.15) is 5.10 Å². The highest BCUT2D eigenvalue weighted by Gasteiger charge is 1.94. The SMILES string of the molecule is FCCn1cc(CCl)cn1. The first-order valence-corrected chi connectivity index (χ1v) is 3.53. The third-order valence-corrected chi connectivity index (χ3v) is 1.46. The lowest BCUT2D eigenvalue weighted by Crippen LogP contribution is -1.98. The average molecular weight is 163 g/mol. The lowest BCUT2D eigenvalue weighted by Gasteiger charge is -1.91. The largest absolute Gasteiger partial charge is 0.270 e. The summed E-state index contributed by atoms with van der Waals surface area (Å²) in [5, 5.41) is 3.87. The predicted molar refractivity (Wildman–Crippen MR) is 37.8 cm³/mol. The highest BCUT2D eigenvalue weighted by molar-refractivity contribution is 6.17. The van der Waals surface area contributed by atoms with Crippen molar-refractivity contribution in [1.29, 1.82) is 0 Å². The third kappa shape index (κ3) is 1.70. The summed E-state index contributed by atoms with van der Waals surface area (Å²) in [6.45, 7) is -0.0692. The standard InChI is InChI=1S/C6H8ClFN2/c7-3-6-4-9-10(5-6)2-1-8/h4-5H,1-3H2. The van der Waals surface area contributed by atoms with Gasteiger partial charge in [0, 0.05) is 11.8 Å². The molecule has 1 aromatic rings. The molecule has 0 saturated carbocycles. The smallest absolute Gasteiger partial charge is 0.109 e. The van der Waals surface area contributed by atoms with Gasteiger partial charge in [0.25, 0.3) is 0 Å². The molecule has 0 aliphatic carbocycles. The van der Waals surface area contributed by atoms with Gasteiger partial charge < -0.3 is 0 Å². The van der Waals surface area contributed by atoms with Crippen molar-refractivity contribution in [3.8, 4) is 0 Å². The first-order valence-electron chi connectivity index (χ1n) is 3.00. The van der Waals surface area contributed by atoms with Crippen LogP contribution in [-0.2, 0) is 12.4 Å². The van der Waals surface area contributed by atoms with Gasteiger partial charge in [0.2, 0.25) is 0 Å². The summed E-state index contributed by atoms with van der Waals surface area (Å²) >= 11 is 5.49. The van der Waals surface area contributed by atoms with E-state index in [1.54, 1.807) is 12.4 Å². The van der Waals surface area contributed by atoms with E-state index in [1.807, 2.05) is 0 Å². The number of halogens is 2. The van der Waals surface area contributed by atoms with E-state index in [0.717, 1.165) is 5.56 Å². The zero-order valence-electron chi connectivity index (χ0n) is 5.43. The molecule has 0 aliphatic heterocycles. The van der Waals surface area contributed by atoms with Gasteiger partial charge in [-0.25, -0.2) is 4.39 Å². The van der Waals surface area contributed by atoms with Crippen LogP contribution < -0.4 is 0 Å². The average Bonchev–Trinajstić information content (AvgIpc) is 2.37. The van der Waals surface area contributed by atoms with E-state index in [0.29, 0.717) is 12.4 Å². The summed E-state index contributed by atoms with van der Waals surface area (Å²) < 4.78 is 13.2. The fraction of sp³-hybridized carbons (Fsp3) is 0.500. The Morgan fingerprint density at radius 3 is 3.00 bits per heavy atom. The second-order valence-electron chi connectivity index (χ2n) is 1.93. The van der Waals surface area contributed by atoms with Gasteiger partial charge >= 0.3 is 0 Å². The van der Waals surface area contributed by atoms with Crippen molar-refractivity contribution in [1.82, 2.24) is 9.78 Å². The van der Waals surface area contributed by atoms with Crippen molar-refractivity contribution in [3.63, 3.8) is 0 Å². The van der Waals surface area contributed by atoms with E-state index in [-0.39, 0.29) is 6.67 Å². The van der Waals surface area contributed by atoms with Crippen LogP contribution in [0.4, 0.5) is 4.39 Å². The molecule has 0 spiro atoms. The Labute approximate surface area is 63.6 Å². The Balaban J connectivity index is 2.59. The molecule has 0 unspecified atom stereocenters. The molecule has 1 heterocycles. The van der Waals surface area contributed by atoms with Crippen molar-refractivity contribution in [2.24, 2.45) is 0 Å². The van der Waals surface area contributed by atoms with E-state index < -0.39 is 0 Å². The maximum Gasteiger partial charge on any atom is 0.109 e. The monoisotopic (exact) mass is 162 g/mol. The number of nitrogens with zero attached hydrogens (tertiary/aromatic N) is 2. The summed E-state index contributed by atoms with van der Waals surface area (Å²) in [6.07, 6.45) is 3.38. The molecule has 10 heavy (non-hydrogen) atoms. The van der Waals surface area contributed by atoms with Gasteiger partial charge in [-0.1, -0.05) is 0 Å². The van der Waals surface area contributed by atoms with Crippen LogP contribution in [0, 0.1) is 0 Å². The molecular formula is C6H8ClFN2. The van der Waals surface area contributed by atoms with Crippen LogP contribution in [0.1, 0.15) is 5.56 Å². The fourth-order valence-corrected chi connectivity index (χ4v) is 0.822. The first kappa shape index (κ1) is 7.54. The van der Waals surface area contributed by atoms with Crippen molar-refractivity contribution in [2.45, 2.75) is 12.4 Å². The summed E-state index contributed by atoms with van der Waals surface area (Å²) in [7, 11) is 0. The summed E-state index contributed by atoms with van der Waals surface area (Å²) in [6, 6.07) is 0. The van der Waals surface area contributed by atoms with Crippen molar-refractivity contribution < 1.29 is 4.39 Å². The summed E-state index contributed by atoms with van der Waals surface area (Å²) in [5.41, 5.74) is 0.926. The zero-order valence-corrected chi connectivity index (χ0v) is 6.18. The molecule has 0 aromatic carbocycles. The Hall–Kier alpha value is -0.570. The number of aryl methyl sites for hydroxylation is 1. The van der Waals surface area contributed by atoms with Crippen LogP contribution in [-0.4, -0.2) is 16.5 Å². The van der Waals surface area contributed by atoms with Crippen molar-refractivity contribution in [2.75, 3.05) is 6.67 Å². The molecular weight excluding hydrogens is 155 g/mol. The van der Waals surface area contributed by atoms with Crippen LogP contribution in [0.2, 0.25) is 0 Å². The number of rotatable bonds is 3. The molecule has 0 saturated heterocycles. The Kier molecular flexibility index (Phi) is 2.68. The number of hydrogen-bond donors (Lipinski definition) is 0. The van der Waals surface area contributed by atoms with Gasteiger partial charge in [-0.3, -0.25) is 4.68 Å². The molecule has 0 radical (unpaired) electrons. The van der Waals surface area contributed by atoms with Crippen molar-refractivity contribution in [3.05, 3.63) is 18.0 Å². The maximum atomic E-state index is 11.7. The number of alkyl halides is 2. The molecule has 0 aliphatic rings. The van der Waals surface area contributed by atoms with Crippen LogP contribution >= 0.6 is 11.6 Å². The molecule has 0 atom stereocenters. The van der Waals surface area contributed by atoms with E-state index in [2.05, 4.69) is 5.10 Å². The van der Waals surface area contributed by atoms with Gasteiger partial charge in [-0.15, -0.1) is 11.6 Å². The second-order valence-corrected chi connectivity index (χ2v) is 2.20. The highest BCUT2D eigenvalue weighted by Crippen LogP contribution is 2.00. The van der Waals surface area contributed by atoms with Gasteiger partial charge in [0.05, 0.1) is 18.6 Å². The topological polar surface area (TPSA) is 17.8 Å². The minimum atomic E-state index is -0.386. The number of hydrogen-bond acceptors (Lipinski definition) is 1. The maximum absolute atomic E-state index is 11.7. The summed E-state index contributed by atoms with van der Waals surface area (Å²) in [4.78, 5) is 0. The molecule has 0 bridgehead atoms. The van der Waals surface area contributed by atoms with Crippen LogP contribution in [0.15, 0.2) is 12.4 Å². The van der Waals surface area contributed by atoms with E-state index >= 15 is 0 Å². The van der Waals surface area contributed by atoms with Crippen LogP contribution in [0.5, 0.6) is 0 Å². The second kappa shape index (κ2) is 3.56. The molecule has 1 rings (SSSR count). The molecule has 4 heteroatoms. The van der Waals surface area contributed by atoms with Gasteiger partial charge in [-0.05, 0) is 0 Å².